The number of ether oxygens (including phenoxy) is 1. The molecule has 2 amide bonds. The fourth-order valence-electron chi connectivity index (χ4n) is 1.91. The van der Waals surface area contributed by atoms with Crippen LogP contribution in [0.3, 0.4) is 0 Å². The molecular formula is C17H14F2N2O4. The standard InChI is InChI=1S/C17H14F2N2O4/c1-10(22)20-12-4-2-3-11(7-12)17(24)25-9-16(23)21-13-5-6-14(18)15(19)8-13/h2-8H,9H2,1H3,(H,20,22)(H,21,23). The number of esters is 1. The van der Waals surface area contributed by atoms with Gasteiger partial charge in [0.2, 0.25) is 5.91 Å². The molecular weight excluding hydrogens is 334 g/mol. The number of hydrogen-bond donors (Lipinski definition) is 2. The van der Waals surface area contributed by atoms with Crippen molar-refractivity contribution in [1.82, 2.24) is 0 Å². The third-order valence-corrected chi connectivity index (χ3v) is 2.96. The second-order valence-electron chi connectivity index (χ2n) is 5.02. The predicted octanol–water partition coefficient (Wildman–Crippen LogP) is 2.72. The first-order valence-electron chi connectivity index (χ1n) is 7.15. The van der Waals surface area contributed by atoms with Crippen LogP contribution in [0.2, 0.25) is 0 Å². The van der Waals surface area contributed by atoms with Gasteiger partial charge in [-0.15, -0.1) is 0 Å². The van der Waals surface area contributed by atoms with E-state index in [1.54, 1.807) is 12.1 Å². The van der Waals surface area contributed by atoms with Crippen LogP contribution in [0.1, 0.15) is 17.3 Å². The van der Waals surface area contributed by atoms with Gasteiger partial charge in [0, 0.05) is 24.4 Å². The van der Waals surface area contributed by atoms with Gasteiger partial charge in [-0.2, -0.15) is 0 Å². The summed E-state index contributed by atoms with van der Waals surface area (Å²) < 4.78 is 30.7. The normalized spacial score (nSPS) is 10.0. The van der Waals surface area contributed by atoms with Crippen molar-refractivity contribution in [2.75, 3.05) is 17.2 Å². The first kappa shape index (κ1) is 18.1. The maximum Gasteiger partial charge on any atom is 0.338 e. The lowest BCUT2D eigenvalue weighted by atomic mass is 10.2. The van der Waals surface area contributed by atoms with Gasteiger partial charge in [0.15, 0.2) is 18.2 Å². The summed E-state index contributed by atoms with van der Waals surface area (Å²) in [6, 6.07) is 8.85. The minimum atomic E-state index is -1.11. The van der Waals surface area contributed by atoms with Crippen LogP contribution in [-0.4, -0.2) is 24.4 Å². The monoisotopic (exact) mass is 348 g/mol. The molecule has 0 fully saturated rings. The molecule has 0 bridgehead atoms. The molecule has 130 valence electrons. The maximum atomic E-state index is 13.1. The third-order valence-electron chi connectivity index (χ3n) is 2.96. The van der Waals surface area contributed by atoms with Gasteiger partial charge in [0.1, 0.15) is 0 Å². The van der Waals surface area contributed by atoms with Crippen LogP contribution >= 0.6 is 0 Å². The van der Waals surface area contributed by atoms with Gasteiger partial charge >= 0.3 is 5.97 Å². The highest BCUT2D eigenvalue weighted by Crippen LogP contribution is 2.14. The SMILES string of the molecule is CC(=O)Nc1cccc(C(=O)OCC(=O)Nc2ccc(F)c(F)c2)c1. The summed E-state index contributed by atoms with van der Waals surface area (Å²) in [5, 5.41) is 4.79. The predicted molar refractivity (Wildman–Crippen MR) is 86.0 cm³/mol. The van der Waals surface area contributed by atoms with E-state index in [0.717, 1.165) is 12.1 Å². The molecule has 0 spiro atoms. The zero-order valence-electron chi connectivity index (χ0n) is 13.1. The van der Waals surface area contributed by atoms with E-state index in [4.69, 9.17) is 4.74 Å². The lowest BCUT2D eigenvalue weighted by molar-refractivity contribution is -0.119. The van der Waals surface area contributed by atoms with Gasteiger partial charge in [-0.25, -0.2) is 13.6 Å². The molecule has 0 aliphatic rings. The fraction of sp³-hybridized carbons (Fsp3) is 0.118. The van der Waals surface area contributed by atoms with Crippen LogP contribution in [0.25, 0.3) is 0 Å². The number of benzene rings is 2. The molecule has 8 heteroatoms. The van der Waals surface area contributed by atoms with Crippen molar-refractivity contribution in [3.05, 3.63) is 59.7 Å². The number of amides is 2. The molecule has 2 N–H and O–H groups in total. The zero-order chi connectivity index (χ0) is 18.4. The van der Waals surface area contributed by atoms with E-state index in [-0.39, 0.29) is 17.2 Å². The number of carbonyl (C=O) groups excluding carboxylic acids is 3. The second kappa shape index (κ2) is 8.00. The quantitative estimate of drug-likeness (QED) is 0.814. The highest BCUT2D eigenvalue weighted by Gasteiger charge is 2.12. The summed E-state index contributed by atoms with van der Waals surface area (Å²) in [4.78, 5) is 34.6. The molecule has 6 nitrogen and oxygen atoms in total. The summed E-state index contributed by atoms with van der Waals surface area (Å²) in [7, 11) is 0. The Kier molecular flexibility index (Phi) is 5.78. The molecule has 2 aromatic rings. The average Bonchev–Trinajstić information content (AvgIpc) is 2.55. The summed E-state index contributed by atoms with van der Waals surface area (Å²) in [6.45, 7) is 0.718. The van der Waals surface area contributed by atoms with Crippen LogP contribution in [0.5, 0.6) is 0 Å². The van der Waals surface area contributed by atoms with E-state index in [1.807, 2.05) is 0 Å². The van der Waals surface area contributed by atoms with Crippen LogP contribution in [0, 0.1) is 11.6 Å². The van der Waals surface area contributed by atoms with Gasteiger partial charge in [0.05, 0.1) is 5.56 Å². The lowest BCUT2D eigenvalue weighted by Gasteiger charge is -2.08. The summed E-state index contributed by atoms with van der Waals surface area (Å²) >= 11 is 0. The maximum absolute atomic E-state index is 13.1. The van der Waals surface area contributed by atoms with E-state index in [9.17, 15) is 23.2 Å². The van der Waals surface area contributed by atoms with Gasteiger partial charge in [0.25, 0.3) is 5.91 Å². The first-order chi connectivity index (χ1) is 11.8. The van der Waals surface area contributed by atoms with E-state index in [2.05, 4.69) is 10.6 Å². The smallest absolute Gasteiger partial charge is 0.338 e. The van der Waals surface area contributed by atoms with E-state index < -0.39 is 30.1 Å². The molecule has 0 heterocycles. The molecule has 0 aliphatic carbocycles. The average molecular weight is 348 g/mol. The van der Waals surface area contributed by atoms with E-state index >= 15 is 0 Å². The van der Waals surface area contributed by atoms with Crippen molar-refractivity contribution >= 4 is 29.2 Å². The Labute approximate surface area is 141 Å². The van der Waals surface area contributed by atoms with Crippen molar-refractivity contribution in [1.29, 1.82) is 0 Å². The molecule has 2 rings (SSSR count). The molecule has 0 atom stereocenters. The minimum absolute atomic E-state index is 0.0348. The highest BCUT2D eigenvalue weighted by molar-refractivity contribution is 5.96. The number of halogens is 2. The van der Waals surface area contributed by atoms with Crippen molar-refractivity contribution in [3.8, 4) is 0 Å². The number of hydrogen-bond acceptors (Lipinski definition) is 4. The summed E-state index contributed by atoms with van der Waals surface area (Å²) in [5.41, 5.74) is 0.590. The summed E-state index contributed by atoms with van der Waals surface area (Å²) in [6.07, 6.45) is 0. The Morgan fingerprint density at radius 1 is 0.960 bits per heavy atom. The highest BCUT2D eigenvalue weighted by atomic mass is 19.2. The van der Waals surface area contributed by atoms with E-state index in [0.29, 0.717) is 5.69 Å². The zero-order valence-corrected chi connectivity index (χ0v) is 13.1. The number of rotatable bonds is 5. The van der Waals surface area contributed by atoms with Crippen molar-refractivity contribution in [3.63, 3.8) is 0 Å². The number of carbonyl (C=O) groups is 3. The number of anilines is 2. The van der Waals surface area contributed by atoms with Crippen LogP contribution in [0.4, 0.5) is 20.2 Å². The van der Waals surface area contributed by atoms with Gasteiger partial charge in [-0.1, -0.05) is 6.07 Å². The van der Waals surface area contributed by atoms with Gasteiger partial charge < -0.3 is 15.4 Å². The number of nitrogens with one attached hydrogen (secondary N) is 2. The molecule has 0 radical (unpaired) electrons. The Hall–Kier alpha value is -3.29. The molecule has 25 heavy (non-hydrogen) atoms. The van der Waals surface area contributed by atoms with Crippen molar-refractivity contribution in [2.45, 2.75) is 6.92 Å². The van der Waals surface area contributed by atoms with E-state index in [1.165, 1.54) is 25.1 Å². The molecule has 0 aromatic heterocycles. The van der Waals surface area contributed by atoms with Gasteiger partial charge in [-0.05, 0) is 30.3 Å². The Morgan fingerprint density at radius 2 is 1.68 bits per heavy atom. The Morgan fingerprint density at radius 3 is 2.36 bits per heavy atom. The largest absolute Gasteiger partial charge is 0.452 e. The third kappa shape index (κ3) is 5.38. The molecule has 0 saturated carbocycles. The summed E-state index contributed by atoms with van der Waals surface area (Å²) in [5.74, 6) is -3.92. The fourth-order valence-corrected chi connectivity index (χ4v) is 1.91. The second-order valence-corrected chi connectivity index (χ2v) is 5.02. The van der Waals surface area contributed by atoms with Crippen LogP contribution in [0.15, 0.2) is 42.5 Å². The Bertz CT molecular complexity index is 824. The van der Waals surface area contributed by atoms with Crippen molar-refractivity contribution < 1.29 is 27.9 Å². The van der Waals surface area contributed by atoms with Crippen molar-refractivity contribution in [2.24, 2.45) is 0 Å². The molecule has 2 aromatic carbocycles. The van der Waals surface area contributed by atoms with Gasteiger partial charge in [-0.3, -0.25) is 9.59 Å². The Balaban J connectivity index is 1.91. The minimum Gasteiger partial charge on any atom is -0.452 e. The molecule has 0 aliphatic heterocycles. The topological polar surface area (TPSA) is 84.5 Å². The van der Waals surface area contributed by atoms with Crippen LogP contribution in [-0.2, 0) is 14.3 Å². The van der Waals surface area contributed by atoms with Crippen LogP contribution < -0.4 is 10.6 Å². The first-order valence-corrected chi connectivity index (χ1v) is 7.15. The molecule has 0 saturated heterocycles. The molecule has 0 unspecified atom stereocenters. The lowest BCUT2D eigenvalue weighted by Crippen LogP contribution is -2.21.